The molecule has 2 aromatic heterocycles. The van der Waals surface area contributed by atoms with E-state index < -0.39 is 36.0 Å². The van der Waals surface area contributed by atoms with Crippen LogP contribution < -0.4 is 5.32 Å². The lowest BCUT2D eigenvalue weighted by Crippen LogP contribution is -2.40. The number of unbranched alkanes of at least 4 members (excludes halogenated alkanes) is 2. The molecule has 0 aliphatic carbocycles. The van der Waals surface area contributed by atoms with Gasteiger partial charge in [0.2, 0.25) is 5.60 Å². The van der Waals surface area contributed by atoms with Gasteiger partial charge < -0.3 is 24.4 Å². The molecule has 3 N–H and O–H groups in total. The van der Waals surface area contributed by atoms with Crippen molar-refractivity contribution < 1.29 is 34.0 Å². The lowest BCUT2D eigenvalue weighted by atomic mass is 9.92. The largest absolute Gasteiger partial charge is 0.463 e. The van der Waals surface area contributed by atoms with Gasteiger partial charge in [0.1, 0.15) is 37.3 Å². The van der Waals surface area contributed by atoms with Crippen LogP contribution in [0.1, 0.15) is 52.1 Å². The van der Waals surface area contributed by atoms with Crippen molar-refractivity contribution in [1.29, 1.82) is 5.26 Å². The van der Waals surface area contributed by atoms with Crippen molar-refractivity contribution in [3.63, 3.8) is 0 Å². The van der Waals surface area contributed by atoms with Gasteiger partial charge in [-0.25, -0.2) is 4.79 Å². The number of ether oxygens (including phenoxy) is 3. The SMILES string of the molecule is CCCCCOC(=O)Nc1nncn2c([C@]3(C#N)O[C@H](COC(=O)CC(C)C)[C@@H](O)[C@H]3O)ccc12. The first-order chi connectivity index (χ1) is 16.7. The Kier molecular flexibility index (Phi) is 8.61. The normalized spacial score (nSPS) is 23.9. The Hall–Kier alpha value is -3.27. The second-order valence-corrected chi connectivity index (χ2v) is 8.84. The molecule has 12 nitrogen and oxygen atoms in total. The summed E-state index contributed by atoms with van der Waals surface area (Å²) in [7, 11) is 0. The predicted molar refractivity (Wildman–Crippen MR) is 122 cm³/mol. The minimum absolute atomic E-state index is 0.0829. The molecule has 0 bridgehead atoms. The highest BCUT2D eigenvalue weighted by molar-refractivity contribution is 5.88. The molecular weight excluding hydrogens is 458 g/mol. The Balaban J connectivity index is 1.80. The van der Waals surface area contributed by atoms with Crippen LogP contribution in [0.5, 0.6) is 0 Å². The maximum absolute atomic E-state index is 12.1. The topological polar surface area (TPSA) is 168 Å². The van der Waals surface area contributed by atoms with Gasteiger partial charge >= 0.3 is 12.1 Å². The van der Waals surface area contributed by atoms with E-state index in [-0.39, 0.29) is 37.1 Å². The average Bonchev–Trinajstić information content (AvgIpc) is 3.36. The molecule has 1 fully saturated rings. The first kappa shape index (κ1) is 26.3. The molecule has 0 unspecified atom stereocenters. The summed E-state index contributed by atoms with van der Waals surface area (Å²) >= 11 is 0. The van der Waals surface area contributed by atoms with Crippen LogP contribution in [0.15, 0.2) is 18.5 Å². The summed E-state index contributed by atoms with van der Waals surface area (Å²) in [6, 6.07) is 5.01. The van der Waals surface area contributed by atoms with E-state index in [4.69, 9.17) is 14.2 Å². The Morgan fingerprint density at radius 2 is 2.09 bits per heavy atom. The van der Waals surface area contributed by atoms with E-state index in [1.165, 1.54) is 16.8 Å². The van der Waals surface area contributed by atoms with Crippen molar-refractivity contribution in [3.8, 4) is 6.07 Å². The maximum atomic E-state index is 12.1. The number of nitrogens with one attached hydrogen (secondary N) is 1. The fourth-order valence-corrected chi connectivity index (χ4v) is 3.88. The van der Waals surface area contributed by atoms with Gasteiger partial charge in [-0.3, -0.25) is 14.5 Å². The fourth-order valence-electron chi connectivity index (χ4n) is 3.88. The molecule has 0 saturated carbocycles. The van der Waals surface area contributed by atoms with Crippen LogP contribution in [0, 0.1) is 17.2 Å². The smallest absolute Gasteiger partial charge is 0.412 e. The van der Waals surface area contributed by atoms with Gasteiger partial charge in [-0.15, -0.1) is 10.2 Å². The Labute approximate surface area is 202 Å². The first-order valence-corrected chi connectivity index (χ1v) is 11.6. The van der Waals surface area contributed by atoms with Gasteiger partial charge in [0.05, 0.1) is 17.8 Å². The third-order valence-electron chi connectivity index (χ3n) is 5.68. The number of aliphatic hydroxyl groups is 2. The molecular formula is C23H31N5O7. The van der Waals surface area contributed by atoms with Crippen molar-refractivity contribution in [3.05, 3.63) is 24.2 Å². The number of fused-ring (bicyclic) bond motifs is 1. The van der Waals surface area contributed by atoms with E-state index in [1.54, 1.807) is 6.07 Å². The van der Waals surface area contributed by atoms with Crippen LogP contribution in [0.25, 0.3) is 5.52 Å². The number of aliphatic hydroxyl groups excluding tert-OH is 2. The standard InChI is InChI=1S/C23H31N5O7/c1-4-5-6-9-33-22(32)26-21-15-7-8-17(28(15)13-25-27-21)23(12-24)20(31)19(30)16(35-23)11-34-18(29)10-14(2)3/h7-8,13-14,16,19-20,30-31H,4-6,9-11H2,1-3H3,(H,26,27,32)/t16-,19-,20-,23+/m1/s1. The quantitative estimate of drug-likeness (QED) is 0.331. The molecule has 35 heavy (non-hydrogen) atoms. The molecule has 12 heteroatoms. The third-order valence-corrected chi connectivity index (χ3v) is 5.68. The minimum atomic E-state index is -1.98. The van der Waals surface area contributed by atoms with Gasteiger partial charge in [0, 0.05) is 6.42 Å². The molecule has 3 heterocycles. The summed E-state index contributed by atoms with van der Waals surface area (Å²) in [5.74, 6) is -0.301. The van der Waals surface area contributed by atoms with Gasteiger partial charge in [-0.2, -0.15) is 5.26 Å². The number of aromatic nitrogens is 3. The van der Waals surface area contributed by atoms with Crippen LogP contribution in [-0.2, 0) is 24.6 Å². The maximum Gasteiger partial charge on any atom is 0.412 e. The molecule has 1 aliphatic rings. The fraction of sp³-hybridized carbons (Fsp3) is 0.609. The lowest BCUT2D eigenvalue weighted by Gasteiger charge is -2.24. The molecule has 1 amide bonds. The molecule has 0 spiro atoms. The van der Waals surface area contributed by atoms with Gasteiger partial charge in [0.15, 0.2) is 5.82 Å². The highest BCUT2D eigenvalue weighted by Gasteiger charge is 2.57. The molecule has 4 atom stereocenters. The summed E-state index contributed by atoms with van der Waals surface area (Å²) in [5, 5.41) is 41.7. The van der Waals surface area contributed by atoms with Crippen LogP contribution >= 0.6 is 0 Å². The van der Waals surface area contributed by atoms with Gasteiger partial charge in [-0.05, 0) is 24.5 Å². The molecule has 1 saturated heterocycles. The number of esters is 1. The predicted octanol–water partition coefficient (Wildman–Crippen LogP) is 1.90. The minimum Gasteiger partial charge on any atom is -0.463 e. The molecule has 1 aliphatic heterocycles. The second kappa shape index (κ2) is 11.4. The molecule has 0 radical (unpaired) electrons. The number of anilines is 1. The zero-order chi connectivity index (χ0) is 25.6. The number of hydrogen-bond acceptors (Lipinski definition) is 10. The average molecular weight is 490 g/mol. The first-order valence-electron chi connectivity index (χ1n) is 11.6. The summed E-state index contributed by atoms with van der Waals surface area (Å²) in [6.45, 7) is 5.71. The Morgan fingerprint density at radius 1 is 1.31 bits per heavy atom. The number of rotatable bonds is 10. The highest BCUT2D eigenvalue weighted by Crippen LogP contribution is 2.40. The van der Waals surface area contributed by atoms with Crippen LogP contribution in [0.2, 0.25) is 0 Å². The van der Waals surface area contributed by atoms with Crippen LogP contribution in [0.4, 0.5) is 10.6 Å². The van der Waals surface area contributed by atoms with E-state index in [0.29, 0.717) is 5.52 Å². The lowest BCUT2D eigenvalue weighted by molar-refractivity contribution is -0.151. The number of nitriles is 1. The van der Waals surface area contributed by atoms with Gasteiger partial charge in [-0.1, -0.05) is 33.6 Å². The van der Waals surface area contributed by atoms with Crippen molar-refractivity contribution in [2.24, 2.45) is 5.92 Å². The summed E-state index contributed by atoms with van der Waals surface area (Å²) < 4.78 is 17.5. The molecule has 190 valence electrons. The monoisotopic (exact) mass is 489 g/mol. The summed E-state index contributed by atoms with van der Waals surface area (Å²) in [5.41, 5.74) is -1.46. The summed E-state index contributed by atoms with van der Waals surface area (Å²) in [4.78, 5) is 24.0. The zero-order valence-corrected chi connectivity index (χ0v) is 20.0. The second-order valence-electron chi connectivity index (χ2n) is 8.84. The molecule has 0 aromatic carbocycles. The number of nitrogens with zero attached hydrogens (tertiary/aromatic N) is 4. The van der Waals surface area contributed by atoms with Crippen LogP contribution in [-0.4, -0.2) is 68.4 Å². The number of carbonyl (C=O) groups is 2. The molecule has 2 aromatic rings. The highest BCUT2D eigenvalue weighted by atomic mass is 16.6. The summed E-state index contributed by atoms with van der Waals surface area (Å²) in [6.07, 6.45) is -0.807. The zero-order valence-electron chi connectivity index (χ0n) is 20.0. The van der Waals surface area contributed by atoms with Crippen molar-refractivity contribution >= 4 is 23.4 Å². The number of hydrogen-bond donors (Lipinski definition) is 3. The number of carbonyl (C=O) groups excluding carboxylic acids is 2. The molecule has 3 rings (SSSR count). The van der Waals surface area contributed by atoms with E-state index in [1.807, 2.05) is 26.8 Å². The van der Waals surface area contributed by atoms with E-state index >= 15 is 0 Å². The van der Waals surface area contributed by atoms with E-state index in [0.717, 1.165) is 19.3 Å². The Morgan fingerprint density at radius 3 is 2.77 bits per heavy atom. The van der Waals surface area contributed by atoms with Crippen LogP contribution in [0.3, 0.4) is 0 Å². The van der Waals surface area contributed by atoms with Crippen molar-refractivity contribution in [2.75, 3.05) is 18.5 Å². The van der Waals surface area contributed by atoms with E-state index in [9.17, 15) is 25.1 Å². The third kappa shape index (κ3) is 5.70. The Bertz CT molecular complexity index is 1080. The number of amides is 1. The van der Waals surface area contributed by atoms with Crippen molar-refractivity contribution in [1.82, 2.24) is 14.6 Å². The van der Waals surface area contributed by atoms with Crippen molar-refractivity contribution in [2.45, 2.75) is 70.4 Å². The van der Waals surface area contributed by atoms with E-state index in [2.05, 4.69) is 15.5 Å². The van der Waals surface area contributed by atoms with Gasteiger partial charge in [0.25, 0.3) is 0 Å².